The van der Waals surface area contributed by atoms with Crippen LogP contribution in [0.25, 0.3) is 10.9 Å². The number of aryl methyl sites for hydroxylation is 2. The van der Waals surface area contributed by atoms with E-state index in [1.165, 1.54) is 18.1 Å². The molecule has 4 aromatic rings. The van der Waals surface area contributed by atoms with Crippen molar-refractivity contribution in [3.63, 3.8) is 0 Å². The van der Waals surface area contributed by atoms with E-state index < -0.39 is 0 Å². The minimum absolute atomic E-state index is 0.0488. The Morgan fingerprint density at radius 3 is 2.45 bits per heavy atom. The smallest absolute Gasteiger partial charge is 0.193 e. The molecular weight excluding hydrogens is 551 g/mol. The summed E-state index contributed by atoms with van der Waals surface area (Å²) in [6.45, 7) is 8.87. The van der Waals surface area contributed by atoms with Gasteiger partial charge in [-0.05, 0) is 101 Å². The summed E-state index contributed by atoms with van der Waals surface area (Å²) in [5.41, 5.74) is 6.53. The van der Waals surface area contributed by atoms with E-state index in [0.717, 1.165) is 99.4 Å². The van der Waals surface area contributed by atoms with Gasteiger partial charge in [0.15, 0.2) is 5.43 Å². The zero-order valence-electron chi connectivity index (χ0n) is 26.0. The van der Waals surface area contributed by atoms with Crippen molar-refractivity contribution in [1.82, 2.24) is 19.4 Å². The summed E-state index contributed by atoms with van der Waals surface area (Å²) in [7, 11) is 0. The summed E-state index contributed by atoms with van der Waals surface area (Å²) >= 11 is 0. The predicted octanol–water partition coefficient (Wildman–Crippen LogP) is 6.54. The van der Waals surface area contributed by atoms with Gasteiger partial charge in [-0.25, -0.2) is 4.39 Å². The van der Waals surface area contributed by atoms with Crippen molar-refractivity contribution in [3.8, 4) is 0 Å². The van der Waals surface area contributed by atoms with Gasteiger partial charge in [-0.1, -0.05) is 0 Å². The molecule has 5 heterocycles. The van der Waals surface area contributed by atoms with Crippen molar-refractivity contribution >= 4 is 22.3 Å². The van der Waals surface area contributed by atoms with Crippen LogP contribution >= 0.6 is 0 Å². The highest BCUT2D eigenvalue weighted by atomic mass is 19.1. The molecule has 1 aromatic carbocycles. The van der Waals surface area contributed by atoms with Gasteiger partial charge < -0.3 is 14.4 Å². The molecule has 44 heavy (non-hydrogen) atoms. The van der Waals surface area contributed by atoms with Crippen LogP contribution in [0, 0.1) is 19.7 Å². The quantitative estimate of drug-likeness (QED) is 0.231. The molecule has 230 valence electrons. The van der Waals surface area contributed by atoms with Crippen LogP contribution in [0.1, 0.15) is 73.5 Å². The van der Waals surface area contributed by atoms with Crippen LogP contribution in [0.4, 0.5) is 15.8 Å². The molecule has 1 atom stereocenters. The van der Waals surface area contributed by atoms with E-state index in [1.54, 1.807) is 0 Å². The lowest BCUT2D eigenvalue weighted by Crippen LogP contribution is -2.48. The molecule has 1 unspecified atom stereocenters. The summed E-state index contributed by atoms with van der Waals surface area (Å²) in [6.07, 6.45) is 13.6. The molecule has 0 spiro atoms. The second-order valence-corrected chi connectivity index (χ2v) is 13.1. The number of rotatable bonds is 8. The zero-order chi connectivity index (χ0) is 30.2. The Hall–Kier alpha value is -3.78. The second-order valence-electron chi connectivity index (χ2n) is 13.1. The van der Waals surface area contributed by atoms with Crippen LogP contribution in [-0.2, 0) is 13.1 Å². The van der Waals surface area contributed by atoms with Gasteiger partial charge >= 0.3 is 0 Å². The standard InChI is InChI=1S/C36H43FN6O/c1-25-8-9-30(20-39-25)41-16-6-7-31(24-41)42(21-27-12-13-38-26(2)17-27)22-28-23-43(29-10-11-29)34-19-35(40-14-4-3-5-15-40)33(37)18-32(34)36(28)44/h8-9,12-13,17-20,23,29,31H,3-7,10-11,14-16,21-22,24H2,1-2H3. The second kappa shape index (κ2) is 12.3. The van der Waals surface area contributed by atoms with E-state index in [4.69, 9.17) is 0 Å². The third-order valence-electron chi connectivity index (χ3n) is 9.71. The van der Waals surface area contributed by atoms with E-state index in [2.05, 4.69) is 59.7 Å². The van der Waals surface area contributed by atoms with Gasteiger partial charge in [-0.15, -0.1) is 0 Å². The summed E-state index contributed by atoms with van der Waals surface area (Å²) < 4.78 is 17.9. The number of benzene rings is 1. The van der Waals surface area contributed by atoms with Gasteiger partial charge in [0.05, 0.1) is 23.1 Å². The molecule has 3 fully saturated rings. The van der Waals surface area contributed by atoms with Gasteiger partial charge in [0.25, 0.3) is 0 Å². The SMILES string of the molecule is Cc1ccc(N2CCCC(N(Cc3ccnc(C)c3)Cc3cn(C4CC4)c4cc(N5CCCCC5)c(F)cc4c3=O)C2)cn1. The van der Waals surface area contributed by atoms with Crippen LogP contribution in [0.15, 0.2) is 59.8 Å². The highest BCUT2D eigenvalue weighted by Gasteiger charge is 2.30. The maximum absolute atomic E-state index is 15.7. The zero-order valence-corrected chi connectivity index (χ0v) is 26.0. The Morgan fingerprint density at radius 1 is 0.886 bits per heavy atom. The van der Waals surface area contributed by atoms with Crippen LogP contribution in [0.2, 0.25) is 0 Å². The third-order valence-corrected chi connectivity index (χ3v) is 9.71. The molecule has 7 nitrogen and oxygen atoms in total. The fourth-order valence-electron chi connectivity index (χ4n) is 7.16. The number of piperidine rings is 2. The van der Waals surface area contributed by atoms with Crippen molar-refractivity contribution in [3.05, 3.63) is 93.5 Å². The van der Waals surface area contributed by atoms with Crippen molar-refractivity contribution in [1.29, 1.82) is 0 Å². The van der Waals surface area contributed by atoms with E-state index in [-0.39, 0.29) is 17.3 Å². The van der Waals surface area contributed by atoms with Gasteiger partial charge in [0.2, 0.25) is 0 Å². The molecule has 0 amide bonds. The van der Waals surface area contributed by atoms with Crippen LogP contribution in [0.5, 0.6) is 0 Å². The number of hydrogen-bond acceptors (Lipinski definition) is 6. The maximum Gasteiger partial charge on any atom is 0.193 e. The molecule has 8 heteroatoms. The summed E-state index contributed by atoms with van der Waals surface area (Å²) in [6, 6.07) is 12.5. The van der Waals surface area contributed by atoms with Gasteiger partial charge in [-0.3, -0.25) is 19.7 Å². The first-order valence-corrected chi connectivity index (χ1v) is 16.4. The van der Waals surface area contributed by atoms with E-state index in [0.29, 0.717) is 23.7 Å². The molecule has 1 aliphatic carbocycles. The average Bonchev–Trinajstić information content (AvgIpc) is 3.88. The number of aromatic nitrogens is 3. The van der Waals surface area contributed by atoms with Crippen molar-refractivity contribution in [2.75, 3.05) is 36.0 Å². The van der Waals surface area contributed by atoms with Crippen molar-refractivity contribution in [2.24, 2.45) is 0 Å². The molecule has 2 saturated heterocycles. The largest absolute Gasteiger partial charge is 0.369 e. The number of anilines is 2. The maximum atomic E-state index is 15.7. The number of halogens is 1. The lowest BCUT2D eigenvalue weighted by molar-refractivity contribution is 0.158. The van der Waals surface area contributed by atoms with E-state index >= 15 is 4.39 Å². The first kappa shape index (κ1) is 29.0. The first-order chi connectivity index (χ1) is 21.4. The monoisotopic (exact) mass is 594 g/mol. The lowest BCUT2D eigenvalue weighted by Gasteiger charge is -2.40. The molecule has 2 aliphatic heterocycles. The Bertz CT molecular complexity index is 1690. The van der Waals surface area contributed by atoms with Crippen molar-refractivity contribution < 1.29 is 4.39 Å². The fraction of sp³-hybridized carbons (Fsp3) is 0.472. The topological polar surface area (TPSA) is 57.5 Å². The van der Waals surface area contributed by atoms with Gasteiger partial charge in [0.1, 0.15) is 5.82 Å². The van der Waals surface area contributed by atoms with E-state index in [9.17, 15) is 4.79 Å². The Labute approximate surface area is 259 Å². The third kappa shape index (κ3) is 6.09. The number of hydrogen-bond donors (Lipinski definition) is 0. The molecule has 0 radical (unpaired) electrons. The Morgan fingerprint density at radius 2 is 1.70 bits per heavy atom. The van der Waals surface area contributed by atoms with Crippen LogP contribution in [-0.4, -0.2) is 51.7 Å². The van der Waals surface area contributed by atoms with Gasteiger partial charge in [-0.2, -0.15) is 0 Å². The molecule has 0 N–H and O–H groups in total. The molecule has 3 aromatic heterocycles. The highest BCUT2D eigenvalue weighted by Crippen LogP contribution is 2.38. The molecule has 3 aliphatic rings. The van der Waals surface area contributed by atoms with Crippen LogP contribution in [0.3, 0.4) is 0 Å². The average molecular weight is 595 g/mol. The highest BCUT2D eigenvalue weighted by molar-refractivity contribution is 5.84. The first-order valence-electron chi connectivity index (χ1n) is 16.4. The Balaban J connectivity index is 1.25. The summed E-state index contributed by atoms with van der Waals surface area (Å²) in [5.74, 6) is -0.283. The normalized spacial score (nSPS) is 19.2. The summed E-state index contributed by atoms with van der Waals surface area (Å²) in [4.78, 5) is 30.2. The van der Waals surface area contributed by atoms with Crippen molar-refractivity contribution in [2.45, 2.75) is 84.0 Å². The van der Waals surface area contributed by atoms with E-state index in [1.807, 2.05) is 32.3 Å². The van der Waals surface area contributed by atoms with Gasteiger partial charge in [0, 0.05) is 86.1 Å². The number of nitrogens with zero attached hydrogens (tertiary/aromatic N) is 6. The fourth-order valence-corrected chi connectivity index (χ4v) is 7.16. The molecule has 7 rings (SSSR count). The number of pyridine rings is 3. The van der Waals surface area contributed by atoms with Crippen LogP contribution < -0.4 is 15.2 Å². The lowest BCUT2D eigenvalue weighted by atomic mass is 10.0. The molecule has 0 bridgehead atoms. The summed E-state index contributed by atoms with van der Waals surface area (Å²) in [5, 5.41) is 0.503. The number of fused-ring (bicyclic) bond motifs is 1. The minimum Gasteiger partial charge on any atom is -0.369 e. The Kier molecular flexibility index (Phi) is 8.10. The predicted molar refractivity (Wildman–Crippen MR) is 175 cm³/mol. The minimum atomic E-state index is -0.283. The molecule has 1 saturated carbocycles. The molecular formula is C36H43FN6O.